The second kappa shape index (κ2) is 12.4. The van der Waals surface area contributed by atoms with E-state index in [0.717, 1.165) is 34.4 Å². The smallest absolute Gasteiger partial charge is 0.308 e. The quantitative estimate of drug-likeness (QED) is 0.169. The SMILES string of the molecule is CCCCCCCCCCCCC(C)c1cc(OC(C)=O)c2c(c1)OC(C)(C)c1ccncc1-2. The maximum Gasteiger partial charge on any atom is 0.308 e. The lowest BCUT2D eigenvalue weighted by atomic mass is 9.85. The third-order valence-corrected chi connectivity index (χ3v) is 7.01. The summed E-state index contributed by atoms with van der Waals surface area (Å²) in [5.41, 5.74) is 3.53. The molecule has 0 saturated heterocycles. The molecule has 2 aromatic rings. The average Bonchev–Trinajstić information content (AvgIpc) is 2.79. The van der Waals surface area contributed by atoms with Crippen LogP contribution in [-0.2, 0) is 10.4 Å². The molecule has 0 N–H and O–H groups in total. The van der Waals surface area contributed by atoms with Crippen LogP contribution >= 0.6 is 0 Å². The number of hydrogen-bond acceptors (Lipinski definition) is 4. The average molecular weight is 466 g/mol. The third kappa shape index (κ3) is 6.84. The lowest BCUT2D eigenvalue weighted by Gasteiger charge is -2.35. The number of carbonyl (C=O) groups is 1. The number of benzene rings is 1. The van der Waals surface area contributed by atoms with Crippen molar-refractivity contribution in [2.75, 3.05) is 0 Å². The Labute approximate surface area is 206 Å². The zero-order chi connectivity index (χ0) is 24.6. The Balaban J connectivity index is 1.64. The van der Waals surface area contributed by atoms with E-state index in [1.54, 1.807) is 6.20 Å². The molecule has 34 heavy (non-hydrogen) atoms. The van der Waals surface area contributed by atoms with Gasteiger partial charge in [0.05, 0.1) is 5.56 Å². The van der Waals surface area contributed by atoms with Gasteiger partial charge in [0.25, 0.3) is 0 Å². The van der Waals surface area contributed by atoms with Crippen LogP contribution < -0.4 is 9.47 Å². The summed E-state index contributed by atoms with van der Waals surface area (Å²) >= 11 is 0. The Bertz CT molecular complexity index is 950. The van der Waals surface area contributed by atoms with Gasteiger partial charge in [0, 0.05) is 30.4 Å². The number of rotatable bonds is 13. The Morgan fingerprint density at radius 2 is 1.68 bits per heavy atom. The first-order valence-corrected chi connectivity index (χ1v) is 13.3. The van der Waals surface area contributed by atoms with E-state index < -0.39 is 5.60 Å². The normalized spacial score (nSPS) is 14.6. The fourth-order valence-electron chi connectivity index (χ4n) is 5.03. The molecule has 0 bridgehead atoms. The van der Waals surface area contributed by atoms with Gasteiger partial charge in [-0.2, -0.15) is 0 Å². The lowest BCUT2D eigenvalue weighted by molar-refractivity contribution is -0.131. The standard InChI is InChI=1S/C30H43NO3/c1-6-7-8-9-10-11-12-13-14-15-16-22(2)24-19-27(33-23(3)32)29-25-21-31-18-17-26(25)30(4,5)34-28(29)20-24/h17-22H,6-16H2,1-5H3. The van der Waals surface area contributed by atoms with Gasteiger partial charge in [-0.1, -0.05) is 78.1 Å². The number of fused-ring (bicyclic) bond motifs is 3. The van der Waals surface area contributed by atoms with Crippen LogP contribution in [0.25, 0.3) is 11.1 Å². The summed E-state index contributed by atoms with van der Waals surface area (Å²) in [6.07, 6.45) is 18.2. The molecular weight excluding hydrogens is 422 g/mol. The summed E-state index contributed by atoms with van der Waals surface area (Å²) in [5.74, 6) is 1.39. The van der Waals surface area contributed by atoms with Crippen molar-refractivity contribution in [1.82, 2.24) is 4.98 Å². The number of ether oxygens (including phenoxy) is 2. The van der Waals surface area contributed by atoms with Crippen LogP contribution in [-0.4, -0.2) is 11.0 Å². The molecule has 0 aliphatic carbocycles. The predicted octanol–water partition coefficient (Wildman–Crippen LogP) is 8.72. The van der Waals surface area contributed by atoms with Crippen molar-refractivity contribution in [3.8, 4) is 22.6 Å². The highest BCUT2D eigenvalue weighted by molar-refractivity contribution is 5.84. The van der Waals surface area contributed by atoms with Gasteiger partial charge < -0.3 is 9.47 Å². The molecule has 1 aliphatic heterocycles. The van der Waals surface area contributed by atoms with E-state index in [9.17, 15) is 4.79 Å². The van der Waals surface area contributed by atoms with Crippen molar-refractivity contribution >= 4 is 5.97 Å². The number of aromatic nitrogens is 1. The number of pyridine rings is 1. The van der Waals surface area contributed by atoms with Crippen molar-refractivity contribution in [3.63, 3.8) is 0 Å². The van der Waals surface area contributed by atoms with E-state index >= 15 is 0 Å². The molecule has 2 heterocycles. The van der Waals surface area contributed by atoms with E-state index in [0.29, 0.717) is 11.7 Å². The van der Waals surface area contributed by atoms with E-state index in [4.69, 9.17) is 9.47 Å². The van der Waals surface area contributed by atoms with Gasteiger partial charge in [-0.25, -0.2) is 0 Å². The Kier molecular flexibility index (Phi) is 9.55. The van der Waals surface area contributed by atoms with Gasteiger partial charge in [0.2, 0.25) is 0 Å². The fourth-order valence-corrected chi connectivity index (χ4v) is 5.03. The summed E-state index contributed by atoms with van der Waals surface area (Å²) in [4.78, 5) is 16.2. The molecule has 1 aromatic carbocycles. The van der Waals surface area contributed by atoms with Crippen molar-refractivity contribution < 1.29 is 14.3 Å². The Morgan fingerprint density at radius 3 is 2.32 bits per heavy atom. The van der Waals surface area contributed by atoms with Gasteiger partial charge >= 0.3 is 5.97 Å². The number of unbranched alkanes of at least 4 members (excludes halogenated alkanes) is 9. The van der Waals surface area contributed by atoms with Crippen molar-refractivity contribution in [2.45, 2.75) is 117 Å². The number of carbonyl (C=O) groups excluding carboxylic acids is 1. The van der Waals surface area contributed by atoms with Crippen molar-refractivity contribution in [2.24, 2.45) is 0 Å². The predicted molar refractivity (Wildman–Crippen MR) is 140 cm³/mol. The molecule has 3 rings (SSSR count). The third-order valence-electron chi connectivity index (χ3n) is 7.01. The molecule has 4 heteroatoms. The molecule has 0 amide bonds. The van der Waals surface area contributed by atoms with Gasteiger partial charge in [0.15, 0.2) is 0 Å². The van der Waals surface area contributed by atoms with Crippen LogP contribution in [0.3, 0.4) is 0 Å². The molecule has 1 aliphatic rings. The molecule has 0 radical (unpaired) electrons. The Morgan fingerprint density at radius 1 is 1.03 bits per heavy atom. The molecule has 0 saturated carbocycles. The van der Waals surface area contributed by atoms with Crippen molar-refractivity contribution in [3.05, 3.63) is 41.7 Å². The zero-order valence-corrected chi connectivity index (χ0v) is 21.9. The van der Waals surface area contributed by atoms with E-state index in [-0.39, 0.29) is 5.97 Å². The molecule has 1 atom stereocenters. The first kappa shape index (κ1) is 26.2. The topological polar surface area (TPSA) is 48.4 Å². The van der Waals surface area contributed by atoms with Crippen LogP contribution in [0.5, 0.6) is 11.5 Å². The van der Waals surface area contributed by atoms with Crippen LogP contribution in [0.15, 0.2) is 30.6 Å². The molecule has 1 aromatic heterocycles. The Hall–Kier alpha value is -2.36. The summed E-state index contributed by atoms with van der Waals surface area (Å²) < 4.78 is 12.1. The highest BCUT2D eigenvalue weighted by Crippen LogP contribution is 2.50. The zero-order valence-electron chi connectivity index (χ0n) is 21.9. The molecule has 1 unspecified atom stereocenters. The minimum atomic E-state index is -0.475. The maximum absolute atomic E-state index is 11.9. The molecule has 0 spiro atoms. The van der Waals surface area contributed by atoms with Gasteiger partial charge in [0.1, 0.15) is 17.1 Å². The molecular formula is C30H43NO3. The van der Waals surface area contributed by atoms with Crippen LogP contribution in [0.1, 0.15) is 122 Å². The monoisotopic (exact) mass is 465 g/mol. The van der Waals surface area contributed by atoms with Gasteiger partial charge in [-0.15, -0.1) is 0 Å². The summed E-state index contributed by atoms with van der Waals surface area (Å²) in [6, 6.07) is 6.15. The molecule has 4 nitrogen and oxygen atoms in total. The first-order chi connectivity index (χ1) is 16.3. The first-order valence-electron chi connectivity index (χ1n) is 13.3. The van der Waals surface area contributed by atoms with E-state index in [2.05, 4.69) is 38.7 Å². The van der Waals surface area contributed by atoms with Crippen molar-refractivity contribution in [1.29, 1.82) is 0 Å². The minimum Gasteiger partial charge on any atom is -0.482 e. The maximum atomic E-state index is 11.9. The fraction of sp³-hybridized carbons (Fsp3) is 0.600. The van der Waals surface area contributed by atoms with Gasteiger partial charge in [-0.3, -0.25) is 9.78 Å². The highest BCUT2D eigenvalue weighted by atomic mass is 16.5. The van der Waals surface area contributed by atoms with E-state index in [1.807, 2.05) is 18.3 Å². The lowest BCUT2D eigenvalue weighted by Crippen LogP contribution is -2.29. The number of esters is 1. The molecule has 0 fully saturated rings. The highest BCUT2D eigenvalue weighted by Gasteiger charge is 2.35. The largest absolute Gasteiger partial charge is 0.482 e. The second-order valence-corrected chi connectivity index (χ2v) is 10.4. The minimum absolute atomic E-state index is 0.322. The van der Waals surface area contributed by atoms with Crippen LogP contribution in [0.2, 0.25) is 0 Å². The van der Waals surface area contributed by atoms with E-state index in [1.165, 1.54) is 71.1 Å². The summed E-state index contributed by atoms with van der Waals surface area (Å²) in [5, 5.41) is 0. The van der Waals surface area contributed by atoms with Crippen LogP contribution in [0, 0.1) is 0 Å². The number of nitrogens with zero attached hydrogens (tertiary/aromatic N) is 1. The number of hydrogen-bond donors (Lipinski definition) is 0. The van der Waals surface area contributed by atoms with Gasteiger partial charge in [-0.05, 0) is 49.9 Å². The second-order valence-electron chi connectivity index (χ2n) is 10.4. The summed E-state index contributed by atoms with van der Waals surface area (Å²) in [7, 11) is 0. The van der Waals surface area contributed by atoms with Crippen LogP contribution in [0.4, 0.5) is 0 Å². The summed E-state index contributed by atoms with van der Waals surface area (Å²) in [6.45, 7) is 10.1. The molecule has 186 valence electrons.